The molecule has 0 bridgehead atoms. The standard InChI is InChI=1S/C31H30N2O3/c1-19-10-13-22(14-11-19)31(3)29(35)27(30(31)36)26(21-8-6-5-7-9-21)28-24(17-33(4)18-34)23-15-12-20(2)16-25(23)32-28/h5-16,18,26,32,35H,17H2,1-4H3. The molecule has 0 radical (unpaired) electrons. The minimum absolute atomic E-state index is 0.0923. The van der Waals surface area contributed by atoms with E-state index in [1.165, 1.54) is 0 Å². The van der Waals surface area contributed by atoms with Gasteiger partial charge in [-0.15, -0.1) is 0 Å². The maximum atomic E-state index is 13.9. The molecule has 0 spiro atoms. The van der Waals surface area contributed by atoms with Crippen LogP contribution in [0.2, 0.25) is 0 Å². The number of aliphatic hydroxyl groups is 1. The van der Waals surface area contributed by atoms with Gasteiger partial charge < -0.3 is 15.0 Å². The molecule has 1 aliphatic rings. The molecule has 0 aliphatic heterocycles. The summed E-state index contributed by atoms with van der Waals surface area (Å²) in [5.41, 5.74) is 5.87. The summed E-state index contributed by atoms with van der Waals surface area (Å²) in [5, 5.41) is 12.5. The van der Waals surface area contributed by atoms with E-state index in [2.05, 4.69) is 11.1 Å². The fraction of sp³-hybridized carbons (Fsp3) is 0.226. The van der Waals surface area contributed by atoms with Gasteiger partial charge in [0.25, 0.3) is 0 Å². The molecule has 0 saturated carbocycles. The molecule has 182 valence electrons. The number of nitrogens with zero attached hydrogens (tertiary/aromatic N) is 1. The van der Waals surface area contributed by atoms with Crippen LogP contribution in [0.15, 0.2) is 84.1 Å². The highest BCUT2D eigenvalue weighted by Gasteiger charge is 2.55. The minimum atomic E-state index is -1.08. The number of fused-ring (bicyclic) bond motifs is 1. The Balaban J connectivity index is 1.74. The fourth-order valence-corrected chi connectivity index (χ4v) is 5.33. The van der Waals surface area contributed by atoms with Crippen LogP contribution in [0, 0.1) is 13.8 Å². The highest BCUT2D eigenvalue weighted by Crippen LogP contribution is 2.51. The van der Waals surface area contributed by atoms with Crippen molar-refractivity contribution in [3.05, 3.63) is 118 Å². The van der Waals surface area contributed by atoms with Crippen molar-refractivity contribution in [2.45, 2.75) is 38.6 Å². The van der Waals surface area contributed by atoms with Gasteiger partial charge in [0.1, 0.15) is 11.2 Å². The zero-order valence-corrected chi connectivity index (χ0v) is 21.0. The topological polar surface area (TPSA) is 73.4 Å². The number of rotatable bonds is 7. The molecule has 2 unspecified atom stereocenters. The summed E-state index contributed by atoms with van der Waals surface area (Å²) in [5.74, 6) is -0.503. The lowest BCUT2D eigenvalue weighted by molar-refractivity contribution is -0.123. The maximum Gasteiger partial charge on any atom is 0.209 e. The average molecular weight is 479 g/mol. The molecular weight excluding hydrogens is 448 g/mol. The third-order valence-electron chi connectivity index (χ3n) is 7.45. The van der Waals surface area contributed by atoms with Crippen LogP contribution in [0.25, 0.3) is 10.9 Å². The molecule has 4 aromatic rings. The Morgan fingerprint density at radius 2 is 1.67 bits per heavy atom. The maximum absolute atomic E-state index is 13.9. The zero-order valence-electron chi connectivity index (χ0n) is 21.0. The van der Waals surface area contributed by atoms with E-state index in [-0.39, 0.29) is 11.5 Å². The Labute approximate surface area is 211 Å². The highest BCUT2D eigenvalue weighted by atomic mass is 16.3. The lowest BCUT2D eigenvalue weighted by atomic mass is 9.60. The number of aromatic nitrogens is 1. The number of amides is 1. The summed E-state index contributed by atoms with van der Waals surface area (Å²) in [4.78, 5) is 30.6. The van der Waals surface area contributed by atoms with E-state index in [1.54, 1.807) is 18.9 Å². The van der Waals surface area contributed by atoms with E-state index in [9.17, 15) is 14.7 Å². The second kappa shape index (κ2) is 8.83. The number of aryl methyl sites for hydroxylation is 2. The van der Waals surface area contributed by atoms with Crippen molar-refractivity contribution in [2.24, 2.45) is 0 Å². The van der Waals surface area contributed by atoms with Crippen LogP contribution >= 0.6 is 0 Å². The highest BCUT2D eigenvalue weighted by molar-refractivity contribution is 6.14. The van der Waals surface area contributed by atoms with Crippen molar-refractivity contribution in [3.63, 3.8) is 0 Å². The number of hydrogen-bond acceptors (Lipinski definition) is 3. The van der Waals surface area contributed by atoms with Crippen LogP contribution in [0.4, 0.5) is 0 Å². The predicted molar refractivity (Wildman–Crippen MR) is 142 cm³/mol. The minimum Gasteiger partial charge on any atom is -0.510 e. The number of nitrogens with one attached hydrogen (secondary N) is 1. The van der Waals surface area contributed by atoms with E-state index < -0.39 is 11.3 Å². The van der Waals surface area contributed by atoms with Crippen molar-refractivity contribution in [2.75, 3.05) is 7.05 Å². The molecule has 1 heterocycles. The van der Waals surface area contributed by atoms with Gasteiger partial charge in [-0.3, -0.25) is 9.59 Å². The lowest BCUT2D eigenvalue weighted by Gasteiger charge is -2.41. The van der Waals surface area contributed by atoms with E-state index in [0.29, 0.717) is 12.1 Å². The molecule has 5 heteroatoms. The van der Waals surface area contributed by atoms with Crippen molar-refractivity contribution in [1.29, 1.82) is 0 Å². The third kappa shape index (κ3) is 3.63. The number of hydrogen-bond donors (Lipinski definition) is 2. The number of benzene rings is 3. The number of carbonyl (C=O) groups excluding carboxylic acids is 2. The van der Waals surface area contributed by atoms with Gasteiger partial charge in [-0.1, -0.05) is 72.3 Å². The summed E-state index contributed by atoms with van der Waals surface area (Å²) < 4.78 is 0. The molecule has 36 heavy (non-hydrogen) atoms. The fourth-order valence-electron chi connectivity index (χ4n) is 5.33. The van der Waals surface area contributed by atoms with Gasteiger partial charge in [0.05, 0.1) is 5.92 Å². The molecular formula is C31H30N2O3. The molecule has 5 rings (SSSR count). The largest absolute Gasteiger partial charge is 0.510 e. The Morgan fingerprint density at radius 3 is 2.31 bits per heavy atom. The Morgan fingerprint density at radius 1 is 1.00 bits per heavy atom. The van der Waals surface area contributed by atoms with Crippen LogP contribution in [-0.4, -0.2) is 34.2 Å². The summed E-state index contributed by atoms with van der Waals surface area (Å²) in [7, 11) is 1.74. The number of allylic oxidation sites excluding steroid dienone is 2. The molecule has 0 saturated heterocycles. The van der Waals surface area contributed by atoms with Gasteiger partial charge in [0.15, 0.2) is 5.78 Å². The van der Waals surface area contributed by atoms with Crippen molar-refractivity contribution < 1.29 is 14.7 Å². The van der Waals surface area contributed by atoms with Gasteiger partial charge in [0.2, 0.25) is 6.41 Å². The first-order chi connectivity index (χ1) is 17.3. The monoisotopic (exact) mass is 478 g/mol. The van der Waals surface area contributed by atoms with Crippen molar-refractivity contribution in [1.82, 2.24) is 9.88 Å². The Hall–Kier alpha value is -4.12. The van der Waals surface area contributed by atoms with Crippen LogP contribution in [0.5, 0.6) is 0 Å². The van der Waals surface area contributed by atoms with Gasteiger partial charge in [0, 0.05) is 41.3 Å². The average Bonchev–Trinajstić information content (AvgIpc) is 3.23. The number of aliphatic hydroxyl groups excluding tert-OH is 1. The lowest BCUT2D eigenvalue weighted by Crippen LogP contribution is -2.48. The number of carbonyl (C=O) groups is 2. The second-order valence-electron chi connectivity index (χ2n) is 10.0. The Bertz CT molecular complexity index is 1500. The van der Waals surface area contributed by atoms with Crippen LogP contribution < -0.4 is 0 Å². The number of aromatic amines is 1. The van der Waals surface area contributed by atoms with Gasteiger partial charge in [-0.25, -0.2) is 0 Å². The van der Waals surface area contributed by atoms with Gasteiger partial charge in [-0.05, 0) is 43.5 Å². The predicted octanol–water partition coefficient (Wildman–Crippen LogP) is 5.86. The zero-order chi connectivity index (χ0) is 25.6. The number of Topliss-reactive ketones (excluding diaryl/α,β-unsaturated/α-hetero) is 1. The van der Waals surface area contributed by atoms with Crippen LogP contribution in [0.1, 0.15) is 46.4 Å². The first-order valence-electron chi connectivity index (χ1n) is 12.1. The molecule has 1 amide bonds. The summed E-state index contributed by atoms with van der Waals surface area (Å²) in [6.07, 6.45) is 0.800. The third-order valence-corrected chi connectivity index (χ3v) is 7.45. The van der Waals surface area contributed by atoms with E-state index in [1.807, 2.05) is 80.6 Å². The first kappa shape index (κ1) is 23.6. The summed E-state index contributed by atoms with van der Waals surface area (Å²) in [6, 6.07) is 23.7. The first-order valence-corrected chi connectivity index (χ1v) is 12.1. The van der Waals surface area contributed by atoms with E-state index >= 15 is 0 Å². The molecule has 2 N–H and O–H groups in total. The molecule has 1 aromatic heterocycles. The molecule has 1 aliphatic carbocycles. The number of ketones is 1. The Kier molecular flexibility index (Phi) is 5.79. The van der Waals surface area contributed by atoms with Crippen LogP contribution in [0.3, 0.4) is 0 Å². The SMILES string of the molecule is Cc1ccc(C2(C)C(=O)C(C(c3ccccc3)c3[nH]c4cc(C)ccc4c3CN(C)C=O)=C2O)cc1. The quantitative estimate of drug-likeness (QED) is 0.327. The van der Waals surface area contributed by atoms with E-state index in [4.69, 9.17) is 0 Å². The van der Waals surface area contributed by atoms with Gasteiger partial charge >= 0.3 is 0 Å². The van der Waals surface area contributed by atoms with Crippen LogP contribution in [-0.2, 0) is 21.5 Å². The second-order valence-corrected chi connectivity index (χ2v) is 10.0. The smallest absolute Gasteiger partial charge is 0.209 e. The van der Waals surface area contributed by atoms with Gasteiger partial charge in [-0.2, -0.15) is 0 Å². The normalized spacial score (nSPS) is 18.3. The summed E-state index contributed by atoms with van der Waals surface area (Å²) in [6.45, 7) is 6.19. The van der Waals surface area contributed by atoms with E-state index in [0.717, 1.165) is 50.8 Å². The molecule has 5 nitrogen and oxygen atoms in total. The number of H-pyrrole nitrogens is 1. The molecule has 2 atom stereocenters. The molecule has 0 fully saturated rings. The summed E-state index contributed by atoms with van der Waals surface area (Å²) >= 11 is 0. The van der Waals surface area contributed by atoms with Crippen molar-refractivity contribution >= 4 is 23.1 Å². The molecule has 3 aromatic carbocycles. The van der Waals surface area contributed by atoms with Crippen molar-refractivity contribution in [3.8, 4) is 0 Å².